The van der Waals surface area contributed by atoms with Crippen molar-refractivity contribution >= 4 is 38.8 Å². The van der Waals surface area contributed by atoms with Gasteiger partial charge in [-0.2, -0.15) is 5.10 Å². The van der Waals surface area contributed by atoms with Crippen LogP contribution in [0.4, 0.5) is 8.78 Å². The predicted octanol–water partition coefficient (Wildman–Crippen LogP) is 7.39. The van der Waals surface area contributed by atoms with Crippen molar-refractivity contribution in [2.45, 2.75) is 26.2 Å². The van der Waals surface area contributed by atoms with Crippen molar-refractivity contribution in [3.05, 3.63) is 83.5 Å². The van der Waals surface area contributed by atoms with Gasteiger partial charge >= 0.3 is 0 Å². The third-order valence-corrected chi connectivity index (χ3v) is 8.06. The fourth-order valence-corrected chi connectivity index (χ4v) is 5.94. The molecular weight excluding hydrogens is 514 g/mol. The number of hydrogen-bond donors (Lipinski definition) is 2. The molecule has 0 amide bonds. The van der Waals surface area contributed by atoms with E-state index in [9.17, 15) is 8.78 Å². The Balaban J connectivity index is 1.35. The summed E-state index contributed by atoms with van der Waals surface area (Å²) in [6, 6.07) is 12.1. The first-order chi connectivity index (χ1) is 18.8. The van der Waals surface area contributed by atoms with Gasteiger partial charge in [-0.25, -0.2) is 13.8 Å². The van der Waals surface area contributed by atoms with Crippen LogP contribution in [-0.4, -0.2) is 55.6 Å². The molecule has 1 saturated heterocycles. The standard InChI is InChI=1S/C30H28F2N6S/c1-4-19(16-38-13-11-30(31,32)17-38)14-20(5-2)22-7-8-24-28(35-22)29(37-36-24)25-15-21-23(34-25)10-12-33-27(21)26-9-6-18(3)39-26/h4-10,12,14-15,34H,1,11,13,16-17H2,2-3H3,(H,36,37)/b19-14+,20-5+. The first-order valence-electron chi connectivity index (χ1n) is 12.8. The third kappa shape index (κ3) is 4.95. The van der Waals surface area contributed by atoms with Crippen molar-refractivity contribution in [1.29, 1.82) is 0 Å². The van der Waals surface area contributed by atoms with E-state index in [1.54, 1.807) is 22.3 Å². The van der Waals surface area contributed by atoms with E-state index in [4.69, 9.17) is 4.98 Å². The summed E-state index contributed by atoms with van der Waals surface area (Å²) in [5.41, 5.74) is 7.59. The second-order valence-electron chi connectivity index (χ2n) is 9.86. The molecule has 0 saturated carbocycles. The molecule has 9 heteroatoms. The number of H-pyrrole nitrogens is 2. The lowest BCUT2D eigenvalue weighted by atomic mass is 10.1. The van der Waals surface area contributed by atoms with Gasteiger partial charge in [-0.1, -0.05) is 18.7 Å². The number of aromatic nitrogens is 5. The van der Waals surface area contributed by atoms with Crippen LogP contribution in [0, 0.1) is 6.92 Å². The van der Waals surface area contributed by atoms with Crippen molar-refractivity contribution < 1.29 is 8.78 Å². The van der Waals surface area contributed by atoms with Gasteiger partial charge in [-0.15, -0.1) is 11.3 Å². The van der Waals surface area contributed by atoms with Gasteiger partial charge in [0, 0.05) is 41.5 Å². The minimum atomic E-state index is -2.62. The molecular formula is C30H28F2N6S. The normalized spacial score (nSPS) is 16.5. The Labute approximate surface area is 228 Å². The molecule has 1 aliphatic heterocycles. The summed E-state index contributed by atoms with van der Waals surface area (Å²) in [5.74, 6) is -2.62. The van der Waals surface area contributed by atoms with Gasteiger partial charge in [0.05, 0.1) is 34.0 Å². The number of pyridine rings is 2. The Morgan fingerprint density at radius 3 is 2.77 bits per heavy atom. The molecule has 5 aromatic heterocycles. The Hall–Kier alpha value is -3.95. The number of nitrogens with zero attached hydrogens (tertiary/aromatic N) is 4. The van der Waals surface area contributed by atoms with Gasteiger partial charge in [0.25, 0.3) is 5.92 Å². The first kappa shape index (κ1) is 25.3. The maximum Gasteiger partial charge on any atom is 0.261 e. The molecule has 5 aromatic rings. The van der Waals surface area contributed by atoms with Gasteiger partial charge in [0.15, 0.2) is 0 Å². The zero-order valence-corrected chi connectivity index (χ0v) is 22.6. The molecule has 6 heterocycles. The molecule has 0 bridgehead atoms. The largest absolute Gasteiger partial charge is 0.353 e. The van der Waals surface area contributed by atoms with E-state index in [2.05, 4.69) is 51.9 Å². The molecule has 2 N–H and O–H groups in total. The number of halogens is 2. The minimum absolute atomic E-state index is 0.104. The van der Waals surface area contributed by atoms with Crippen LogP contribution in [-0.2, 0) is 0 Å². The number of aryl methyl sites for hydroxylation is 1. The SMILES string of the molecule is C=C/C(=C\C(=C/C)c1ccc2[nH]nc(-c3cc4c(-c5ccc(C)s5)nccc4[nH]3)c2n1)CN1CCC(F)(F)C1. The number of likely N-dealkylation sites (tertiary alicyclic amines) is 1. The van der Waals surface area contributed by atoms with Crippen molar-refractivity contribution in [2.75, 3.05) is 19.6 Å². The van der Waals surface area contributed by atoms with Crippen LogP contribution in [0.3, 0.4) is 0 Å². The predicted molar refractivity (Wildman–Crippen MR) is 155 cm³/mol. The summed E-state index contributed by atoms with van der Waals surface area (Å²) in [7, 11) is 0. The number of rotatable bonds is 7. The van der Waals surface area contributed by atoms with E-state index >= 15 is 0 Å². The highest BCUT2D eigenvalue weighted by Gasteiger charge is 2.37. The lowest BCUT2D eigenvalue weighted by molar-refractivity contribution is 0.0131. The average molecular weight is 543 g/mol. The van der Waals surface area contributed by atoms with Crippen LogP contribution in [0.15, 0.2) is 73.0 Å². The Kier molecular flexibility index (Phi) is 6.48. The van der Waals surface area contributed by atoms with Gasteiger partial charge in [-0.3, -0.25) is 15.0 Å². The molecule has 0 atom stereocenters. The summed E-state index contributed by atoms with van der Waals surface area (Å²) >= 11 is 1.72. The highest BCUT2D eigenvalue weighted by molar-refractivity contribution is 7.15. The fraction of sp³-hybridized carbons (Fsp3) is 0.233. The molecule has 0 aromatic carbocycles. The zero-order chi connectivity index (χ0) is 27.1. The number of thiophene rings is 1. The summed E-state index contributed by atoms with van der Waals surface area (Å²) in [5, 5.41) is 8.71. The van der Waals surface area contributed by atoms with Crippen LogP contribution in [0.25, 0.3) is 49.5 Å². The van der Waals surface area contributed by atoms with E-state index in [1.807, 2.05) is 43.5 Å². The van der Waals surface area contributed by atoms with Gasteiger partial charge < -0.3 is 4.98 Å². The highest BCUT2D eigenvalue weighted by Crippen LogP contribution is 2.35. The van der Waals surface area contributed by atoms with E-state index < -0.39 is 5.92 Å². The molecule has 1 aliphatic rings. The Morgan fingerprint density at radius 1 is 1.18 bits per heavy atom. The molecule has 6 nitrogen and oxygen atoms in total. The number of hydrogen-bond acceptors (Lipinski definition) is 5. The summed E-state index contributed by atoms with van der Waals surface area (Å²) in [6.07, 6.45) is 7.39. The van der Waals surface area contributed by atoms with Crippen LogP contribution < -0.4 is 0 Å². The van der Waals surface area contributed by atoms with E-state index in [0.29, 0.717) is 13.1 Å². The zero-order valence-electron chi connectivity index (χ0n) is 21.8. The summed E-state index contributed by atoms with van der Waals surface area (Å²) in [4.78, 5) is 17.2. The topological polar surface area (TPSA) is 73.5 Å². The quantitative estimate of drug-likeness (QED) is 0.210. The van der Waals surface area contributed by atoms with Crippen LogP contribution >= 0.6 is 11.3 Å². The van der Waals surface area contributed by atoms with Gasteiger partial charge in [-0.05, 0) is 67.5 Å². The maximum absolute atomic E-state index is 13.7. The molecule has 1 fully saturated rings. The van der Waals surface area contributed by atoms with Crippen molar-refractivity contribution in [3.63, 3.8) is 0 Å². The molecule has 0 spiro atoms. The fourth-order valence-electron chi connectivity index (χ4n) is 5.06. The monoisotopic (exact) mass is 542 g/mol. The number of allylic oxidation sites excluding steroid dienone is 3. The average Bonchev–Trinajstić information content (AvgIpc) is 3.71. The highest BCUT2D eigenvalue weighted by atomic mass is 32.1. The maximum atomic E-state index is 13.7. The van der Waals surface area contributed by atoms with Gasteiger partial charge in [0.1, 0.15) is 11.2 Å². The van der Waals surface area contributed by atoms with Crippen molar-refractivity contribution in [2.24, 2.45) is 0 Å². The Morgan fingerprint density at radius 2 is 2.05 bits per heavy atom. The lowest BCUT2D eigenvalue weighted by Crippen LogP contribution is -2.26. The smallest absolute Gasteiger partial charge is 0.261 e. The van der Waals surface area contributed by atoms with Crippen LogP contribution in [0.1, 0.15) is 23.9 Å². The summed E-state index contributed by atoms with van der Waals surface area (Å²) < 4.78 is 27.4. The Bertz CT molecular complexity index is 1760. The molecule has 6 rings (SSSR count). The second-order valence-corrected chi connectivity index (χ2v) is 11.2. The molecule has 39 heavy (non-hydrogen) atoms. The van der Waals surface area contributed by atoms with E-state index in [0.717, 1.165) is 60.7 Å². The first-order valence-corrected chi connectivity index (χ1v) is 13.6. The van der Waals surface area contributed by atoms with Crippen LogP contribution in [0.5, 0.6) is 0 Å². The minimum Gasteiger partial charge on any atom is -0.353 e. The number of nitrogens with one attached hydrogen (secondary N) is 2. The van der Waals surface area contributed by atoms with Crippen molar-refractivity contribution in [1.82, 2.24) is 30.0 Å². The second kappa shape index (κ2) is 9.98. The summed E-state index contributed by atoms with van der Waals surface area (Å²) in [6.45, 7) is 8.52. The van der Waals surface area contributed by atoms with Gasteiger partial charge in [0.2, 0.25) is 0 Å². The van der Waals surface area contributed by atoms with E-state index in [-0.39, 0.29) is 13.0 Å². The number of aromatic amines is 2. The van der Waals surface area contributed by atoms with Crippen molar-refractivity contribution in [3.8, 4) is 22.0 Å². The van der Waals surface area contributed by atoms with Crippen LogP contribution in [0.2, 0.25) is 0 Å². The van der Waals surface area contributed by atoms with E-state index in [1.165, 1.54) is 4.88 Å². The molecule has 198 valence electrons. The number of alkyl halides is 2. The molecule has 0 unspecified atom stereocenters. The molecule has 0 radical (unpaired) electrons. The lowest BCUT2D eigenvalue weighted by Gasteiger charge is -2.16. The third-order valence-electron chi connectivity index (χ3n) is 7.05. The number of fused-ring (bicyclic) bond motifs is 2. The molecule has 0 aliphatic carbocycles.